The number of halogens is 5. The fourth-order valence-electron chi connectivity index (χ4n) is 5.33. The number of benzene rings is 2. The van der Waals surface area contributed by atoms with Crippen LogP contribution in [-0.4, -0.2) is 45.1 Å². The molecule has 14 heteroatoms. The number of piperidine rings is 1. The first-order chi connectivity index (χ1) is 20.2. The van der Waals surface area contributed by atoms with Gasteiger partial charge in [-0.05, 0) is 69.7 Å². The van der Waals surface area contributed by atoms with Crippen LogP contribution in [0.25, 0.3) is 10.9 Å². The third-order valence-corrected chi connectivity index (χ3v) is 8.06. The summed E-state index contributed by atoms with van der Waals surface area (Å²) in [6, 6.07) is 3.09. The van der Waals surface area contributed by atoms with Crippen molar-refractivity contribution in [1.82, 2.24) is 19.4 Å². The summed E-state index contributed by atoms with van der Waals surface area (Å²) in [6.45, 7) is 4.06. The summed E-state index contributed by atoms with van der Waals surface area (Å²) in [5.74, 6) is -1.42. The number of nitrogens with zero attached hydrogens (tertiary/aromatic N) is 3. The lowest BCUT2D eigenvalue weighted by Gasteiger charge is -2.33. The zero-order valence-electron chi connectivity index (χ0n) is 23.4. The molecule has 1 aromatic heterocycles. The van der Waals surface area contributed by atoms with Crippen molar-refractivity contribution >= 4 is 40.1 Å². The lowest BCUT2D eigenvalue weighted by molar-refractivity contribution is -0.137. The Labute approximate surface area is 248 Å². The minimum atomic E-state index is -4.66. The number of carbonyl (C=O) groups excluding carboxylic acids is 2. The molecule has 2 heterocycles. The smallest absolute Gasteiger partial charge is 0.347 e. The summed E-state index contributed by atoms with van der Waals surface area (Å²) in [7, 11) is 0. The van der Waals surface area contributed by atoms with Gasteiger partial charge in [0.25, 0.3) is 11.5 Å². The van der Waals surface area contributed by atoms with Crippen molar-refractivity contribution in [2.75, 3.05) is 18.4 Å². The molecule has 0 unspecified atom stereocenters. The van der Waals surface area contributed by atoms with Gasteiger partial charge < -0.3 is 15.5 Å². The Kier molecular flexibility index (Phi) is 8.30. The van der Waals surface area contributed by atoms with Crippen LogP contribution in [0.4, 0.5) is 28.0 Å². The van der Waals surface area contributed by atoms with Gasteiger partial charge in [0.05, 0.1) is 32.7 Å². The molecule has 230 valence electrons. The Balaban J connectivity index is 1.35. The van der Waals surface area contributed by atoms with Crippen LogP contribution in [0, 0.1) is 11.7 Å². The zero-order chi connectivity index (χ0) is 31.2. The number of amides is 3. The Morgan fingerprint density at radius 1 is 1.09 bits per heavy atom. The Bertz CT molecular complexity index is 1710. The van der Waals surface area contributed by atoms with Crippen LogP contribution in [0.15, 0.2) is 39.9 Å². The summed E-state index contributed by atoms with van der Waals surface area (Å²) in [5, 5.41) is 5.06. The molecule has 1 atom stereocenters. The molecule has 3 aromatic rings. The normalized spacial score (nSPS) is 17.4. The van der Waals surface area contributed by atoms with Gasteiger partial charge in [-0.3, -0.25) is 18.7 Å². The van der Waals surface area contributed by atoms with Gasteiger partial charge in [-0.25, -0.2) is 14.0 Å². The molecular weight excluding hydrogens is 594 g/mol. The third-order valence-electron chi connectivity index (χ3n) is 7.74. The minimum Gasteiger partial charge on any atom is -0.347 e. The molecule has 5 rings (SSSR count). The van der Waals surface area contributed by atoms with E-state index in [1.54, 1.807) is 13.8 Å². The fourth-order valence-corrected chi connectivity index (χ4v) is 5.53. The highest BCUT2D eigenvalue weighted by Crippen LogP contribution is 2.32. The van der Waals surface area contributed by atoms with E-state index in [0.29, 0.717) is 18.9 Å². The highest BCUT2D eigenvalue weighted by molar-refractivity contribution is 6.33. The van der Waals surface area contributed by atoms with Gasteiger partial charge in [-0.2, -0.15) is 13.2 Å². The Morgan fingerprint density at radius 3 is 2.47 bits per heavy atom. The van der Waals surface area contributed by atoms with Crippen molar-refractivity contribution in [3.05, 3.63) is 73.1 Å². The first-order valence-electron chi connectivity index (χ1n) is 14.0. The quantitative estimate of drug-likeness (QED) is 0.359. The maximum Gasteiger partial charge on any atom is 0.416 e. The molecule has 43 heavy (non-hydrogen) atoms. The molecule has 1 saturated carbocycles. The van der Waals surface area contributed by atoms with Crippen LogP contribution in [0.2, 0.25) is 5.02 Å². The number of likely N-dealkylation sites (tertiary alicyclic amines) is 1. The van der Waals surface area contributed by atoms with Gasteiger partial charge in [-0.1, -0.05) is 11.6 Å². The summed E-state index contributed by atoms with van der Waals surface area (Å²) >= 11 is 5.99. The average Bonchev–Trinajstić information content (AvgIpc) is 3.76. The van der Waals surface area contributed by atoms with Crippen LogP contribution < -0.4 is 21.9 Å². The molecule has 2 aromatic carbocycles. The van der Waals surface area contributed by atoms with Crippen LogP contribution in [0.1, 0.15) is 61.5 Å². The second kappa shape index (κ2) is 11.7. The number of hydrogen-bond acceptors (Lipinski definition) is 4. The molecular formula is C29H30ClF4N5O4. The summed E-state index contributed by atoms with van der Waals surface area (Å²) in [5.41, 5.74) is -2.56. The standard InChI is InChI=1S/C29H30ClF4N5O4/c1-15(2)39-24-12-22(31)23(11-20(24)26(41)38(28(39)43)13-16-5-6-16)36-27(42)37-9-3-4-18(14-37)35-25(40)19-10-17(29(32,33)34)7-8-21(19)30/h7-8,10-12,15-16,18H,3-6,9,13-14H2,1-2H3,(H,35,40)(H,36,42)/t18-/m1/s1. The predicted molar refractivity (Wildman–Crippen MR) is 153 cm³/mol. The average molecular weight is 624 g/mol. The van der Waals surface area contributed by atoms with Crippen LogP contribution >= 0.6 is 11.6 Å². The molecule has 2 aliphatic rings. The lowest BCUT2D eigenvalue weighted by Crippen LogP contribution is -2.50. The molecule has 1 aliphatic heterocycles. The van der Waals surface area contributed by atoms with Crippen molar-refractivity contribution in [1.29, 1.82) is 0 Å². The van der Waals surface area contributed by atoms with Gasteiger partial charge in [0, 0.05) is 37.8 Å². The summed E-state index contributed by atoms with van der Waals surface area (Å²) < 4.78 is 57.2. The number of rotatable bonds is 6. The Hall–Kier alpha value is -3.87. The van der Waals surface area contributed by atoms with E-state index in [0.717, 1.165) is 35.6 Å². The highest BCUT2D eigenvalue weighted by Gasteiger charge is 2.33. The highest BCUT2D eigenvalue weighted by atomic mass is 35.5. The number of aromatic nitrogens is 2. The maximum absolute atomic E-state index is 15.3. The zero-order valence-corrected chi connectivity index (χ0v) is 24.2. The second-order valence-electron chi connectivity index (χ2n) is 11.3. The topological polar surface area (TPSA) is 105 Å². The van der Waals surface area contributed by atoms with Gasteiger partial charge in [0.1, 0.15) is 5.82 Å². The van der Waals surface area contributed by atoms with Gasteiger partial charge in [-0.15, -0.1) is 0 Å². The largest absolute Gasteiger partial charge is 0.416 e. The molecule has 0 bridgehead atoms. The summed E-state index contributed by atoms with van der Waals surface area (Å²) in [6.07, 6.45) is -1.92. The molecule has 2 fully saturated rings. The maximum atomic E-state index is 15.3. The van der Waals surface area contributed by atoms with Crippen LogP contribution in [0.3, 0.4) is 0 Å². The number of carbonyl (C=O) groups is 2. The number of fused-ring (bicyclic) bond motifs is 1. The molecule has 0 radical (unpaired) electrons. The van der Waals surface area contributed by atoms with Crippen LogP contribution in [-0.2, 0) is 12.7 Å². The molecule has 1 aliphatic carbocycles. The fraction of sp³-hybridized carbons (Fsp3) is 0.448. The van der Waals surface area contributed by atoms with E-state index in [2.05, 4.69) is 10.6 Å². The monoisotopic (exact) mass is 623 g/mol. The third kappa shape index (κ3) is 6.41. The molecule has 9 nitrogen and oxygen atoms in total. The first kappa shape index (κ1) is 30.6. The number of hydrogen-bond donors (Lipinski definition) is 2. The number of nitrogens with one attached hydrogen (secondary N) is 2. The molecule has 3 amide bonds. The predicted octanol–water partition coefficient (Wildman–Crippen LogP) is 5.39. The van der Waals surface area contributed by atoms with Gasteiger partial charge >= 0.3 is 17.9 Å². The van der Waals surface area contributed by atoms with Crippen molar-refractivity contribution < 1.29 is 27.2 Å². The molecule has 0 spiro atoms. The lowest BCUT2D eigenvalue weighted by atomic mass is 10.0. The van der Waals surface area contributed by atoms with E-state index in [9.17, 15) is 32.3 Å². The van der Waals surface area contributed by atoms with E-state index in [1.165, 1.54) is 15.5 Å². The van der Waals surface area contributed by atoms with Gasteiger partial charge in [0.2, 0.25) is 0 Å². The second-order valence-corrected chi connectivity index (χ2v) is 11.7. The molecule has 2 N–H and O–H groups in total. The minimum absolute atomic E-state index is 0.00440. The Morgan fingerprint density at radius 2 is 1.81 bits per heavy atom. The van der Waals surface area contributed by atoms with Crippen molar-refractivity contribution in [3.8, 4) is 0 Å². The first-order valence-corrected chi connectivity index (χ1v) is 14.3. The SMILES string of the molecule is CC(C)n1c(=O)n(CC2CC2)c(=O)c2cc(NC(=O)N3CCC[C@@H](NC(=O)c4cc(C(F)(F)F)ccc4Cl)C3)c(F)cc21. The van der Waals surface area contributed by atoms with Crippen molar-refractivity contribution in [3.63, 3.8) is 0 Å². The summed E-state index contributed by atoms with van der Waals surface area (Å²) in [4.78, 5) is 53.7. The van der Waals surface area contributed by atoms with E-state index in [-0.39, 0.29) is 58.8 Å². The number of alkyl halides is 3. The van der Waals surface area contributed by atoms with Crippen molar-refractivity contribution in [2.24, 2.45) is 5.92 Å². The van der Waals surface area contributed by atoms with E-state index in [4.69, 9.17) is 11.6 Å². The van der Waals surface area contributed by atoms with Crippen LogP contribution in [0.5, 0.6) is 0 Å². The van der Waals surface area contributed by atoms with E-state index in [1.807, 2.05) is 0 Å². The molecule has 1 saturated heterocycles. The number of urea groups is 1. The van der Waals surface area contributed by atoms with E-state index >= 15 is 4.39 Å². The van der Waals surface area contributed by atoms with E-state index < -0.39 is 46.8 Å². The van der Waals surface area contributed by atoms with Gasteiger partial charge in [0.15, 0.2) is 0 Å². The number of anilines is 1. The van der Waals surface area contributed by atoms with Crippen molar-refractivity contribution in [2.45, 2.75) is 64.3 Å².